The number of methoxy groups -OCH3 is 1. The average Bonchev–Trinajstić information content (AvgIpc) is 2.52. The van der Waals surface area contributed by atoms with Crippen molar-refractivity contribution in [3.63, 3.8) is 0 Å². The van der Waals surface area contributed by atoms with Crippen molar-refractivity contribution in [2.24, 2.45) is 0 Å². The van der Waals surface area contributed by atoms with Crippen molar-refractivity contribution in [1.29, 1.82) is 0 Å². The molecular weight excluding hydrogens is 260 g/mol. The van der Waals surface area contributed by atoms with Gasteiger partial charge < -0.3 is 14.8 Å². The average molecular weight is 280 g/mol. The molecule has 2 heterocycles. The largest absolute Gasteiger partial charge is 0.463 e. The first-order chi connectivity index (χ1) is 9.79. The number of carbonyl (C=O) groups is 1. The van der Waals surface area contributed by atoms with E-state index in [-0.39, 0.29) is 5.82 Å². The second-order valence-corrected chi connectivity index (χ2v) is 4.49. The minimum atomic E-state index is -0.526. The number of hydrogen-bond donors (Lipinski definition) is 1. The van der Waals surface area contributed by atoms with E-state index in [4.69, 9.17) is 4.74 Å². The van der Waals surface area contributed by atoms with E-state index >= 15 is 0 Å². The molecule has 7 heteroatoms. The summed E-state index contributed by atoms with van der Waals surface area (Å²) in [5.41, 5.74) is 0. The van der Waals surface area contributed by atoms with Crippen LogP contribution >= 0.6 is 0 Å². The van der Waals surface area contributed by atoms with Crippen LogP contribution in [0.25, 0.3) is 0 Å². The lowest BCUT2D eigenvalue weighted by Gasteiger charge is -2.26. The normalized spacial score (nSPS) is 15.8. The summed E-state index contributed by atoms with van der Waals surface area (Å²) in [5.74, 6) is 0.190. The first-order valence-corrected chi connectivity index (χ1v) is 6.75. The van der Waals surface area contributed by atoms with Gasteiger partial charge in [0.1, 0.15) is 5.82 Å². The number of rotatable bonds is 6. The molecule has 110 valence electrons. The van der Waals surface area contributed by atoms with E-state index in [1.165, 1.54) is 7.11 Å². The fourth-order valence-corrected chi connectivity index (χ4v) is 1.99. The minimum Gasteiger partial charge on any atom is -0.463 e. The van der Waals surface area contributed by atoms with E-state index in [0.717, 1.165) is 45.8 Å². The number of aromatic nitrogens is 2. The van der Waals surface area contributed by atoms with E-state index in [2.05, 4.69) is 24.9 Å². The van der Waals surface area contributed by atoms with Crippen LogP contribution in [0.5, 0.6) is 0 Å². The molecule has 0 bridgehead atoms. The van der Waals surface area contributed by atoms with Crippen LogP contribution in [0.1, 0.15) is 17.0 Å². The summed E-state index contributed by atoms with van der Waals surface area (Å²) in [6.45, 7) is 5.48. The molecule has 1 fully saturated rings. The first kappa shape index (κ1) is 14.7. The highest BCUT2D eigenvalue weighted by molar-refractivity contribution is 5.85. The molecule has 1 saturated heterocycles. The molecule has 0 aliphatic carbocycles. The Labute approximate surface area is 118 Å². The molecule has 0 spiro atoms. The summed E-state index contributed by atoms with van der Waals surface area (Å²) in [6, 6.07) is 1.74. The molecule has 0 amide bonds. The third kappa shape index (κ3) is 4.43. The molecule has 1 aliphatic rings. The predicted octanol–water partition coefficient (Wildman–Crippen LogP) is 0.397. The molecule has 1 aromatic heterocycles. The summed E-state index contributed by atoms with van der Waals surface area (Å²) in [5, 5.41) is 3.19. The van der Waals surface area contributed by atoms with Gasteiger partial charge in [0.2, 0.25) is 5.82 Å². The quantitative estimate of drug-likeness (QED) is 0.597. The highest BCUT2D eigenvalue weighted by Gasteiger charge is 2.10. The highest BCUT2D eigenvalue weighted by atomic mass is 16.5. The van der Waals surface area contributed by atoms with Gasteiger partial charge >= 0.3 is 5.97 Å². The van der Waals surface area contributed by atoms with Crippen LogP contribution in [0.3, 0.4) is 0 Å². The maximum atomic E-state index is 11.3. The zero-order valence-corrected chi connectivity index (χ0v) is 11.7. The van der Waals surface area contributed by atoms with Gasteiger partial charge in [-0.15, -0.1) is 0 Å². The standard InChI is InChI=1S/C13H20N4O3/c1-19-13(18)12-15-5-3-11(16-12)14-4-2-6-17-7-9-20-10-8-17/h3,5H,2,4,6-10H2,1H3,(H,14,15,16). The van der Waals surface area contributed by atoms with Gasteiger partial charge in [-0.3, -0.25) is 4.90 Å². The Hall–Kier alpha value is -1.73. The lowest BCUT2D eigenvalue weighted by atomic mass is 10.3. The summed E-state index contributed by atoms with van der Waals surface area (Å²) >= 11 is 0. The monoisotopic (exact) mass is 280 g/mol. The van der Waals surface area contributed by atoms with Crippen molar-refractivity contribution in [3.05, 3.63) is 18.1 Å². The molecule has 1 aliphatic heterocycles. The molecule has 7 nitrogen and oxygen atoms in total. The van der Waals surface area contributed by atoms with Gasteiger partial charge in [-0.1, -0.05) is 0 Å². The van der Waals surface area contributed by atoms with Crippen LogP contribution in [0.4, 0.5) is 5.82 Å². The van der Waals surface area contributed by atoms with Gasteiger partial charge in [0.05, 0.1) is 20.3 Å². The molecule has 0 unspecified atom stereocenters. The van der Waals surface area contributed by atoms with E-state index in [0.29, 0.717) is 5.82 Å². The second kappa shape index (κ2) is 7.76. The lowest BCUT2D eigenvalue weighted by molar-refractivity contribution is 0.0378. The maximum Gasteiger partial charge on any atom is 0.376 e. The van der Waals surface area contributed by atoms with E-state index < -0.39 is 5.97 Å². The maximum absolute atomic E-state index is 11.3. The molecule has 0 aromatic carbocycles. The van der Waals surface area contributed by atoms with Crippen molar-refractivity contribution >= 4 is 11.8 Å². The number of ether oxygens (including phenoxy) is 2. The van der Waals surface area contributed by atoms with Crippen LogP contribution in [0, 0.1) is 0 Å². The summed E-state index contributed by atoms with van der Waals surface area (Å²) in [7, 11) is 1.31. The summed E-state index contributed by atoms with van der Waals surface area (Å²) < 4.78 is 9.89. The van der Waals surface area contributed by atoms with Crippen LogP contribution in [-0.4, -0.2) is 67.3 Å². The fraction of sp³-hybridized carbons (Fsp3) is 0.615. The van der Waals surface area contributed by atoms with Gasteiger partial charge in [-0.25, -0.2) is 14.8 Å². The topological polar surface area (TPSA) is 76.6 Å². The molecule has 1 aromatic rings. The number of nitrogens with one attached hydrogen (secondary N) is 1. The third-order valence-corrected chi connectivity index (χ3v) is 3.08. The third-order valence-electron chi connectivity index (χ3n) is 3.08. The fourth-order valence-electron chi connectivity index (χ4n) is 1.99. The van der Waals surface area contributed by atoms with Crippen LogP contribution < -0.4 is 5.32 Å². The number of hydrogen-bond acceptors (Lipinski definition) is 7. The van der Waals surface area contributed by atoms with E-state index in [1.54, 1.807) is 12.3 Å². The number of morpholine rings is 1. The van der Waals surface area contributed by atoms with Gasteiger partial charge in [0.15, 0.2) is 0 Å². The Morgan fingerprint density at radius 1 is 1.50 bits per heavy atom. The zero-order valence-electron chi connectivity index (χ0n) is 11.7. The highest BCUT2D eigenvalue weighted by Crippen LogP contribution is 2.04. The minimum absolute atomic E-state index is 0.0747. The van der Waals surface area contributed by atoms with Crippen molar-refractivity contribution in [3.8, 4) is 0 Å². The second-order valence-electron chi connectivity index (χ2n) is 4.49. The lowest BCUT2D eigenvalue weighted by Crippen LogP contribution is -2.37. The first-order valence-electron chi connectivity index (χ1n) is 6.75. The number of esters is 1. The molecule has 0 radical (unpaired) electrons. The Kier molecular flexibility index (Phi) is 5.69. The Morgan fingerprint density at radius 3 is 3.05 bits per heavy atom. The number of carbonyl (C=O) groups excluding carboxylic acids is 1. The summed E-state index contributed by atoms with van der Waals surface area (Å²) in [6.07, 6.45) is 2.56. The van der Waals surface area contributed by atoms with Gasteiger partial charge in [-0.05, 0) is 19.0 Å². The number of nitrogens with zero attached hydrogens (tertiary/aromatic N) is 3. The van der Waals surface area contributed by atoms with Crippen molar-refractivity contribution in [2.75, 3.05) is 51.8 Å². The van der Waals surface area contributed by atoms with Crippen molar-refractivity contribution in [1.82, 2.24) is 14.9 Å². The Bertz CT molecular complexity index is 435. The molecule has 0 atom stereocenters. The molecule has 2 rings (SSSR count). The van der Waals surface area contributed by atoms with Crippen molar-refractivity contribution in [2.45, 2.75) is 6.42 Å². The molecule has 0 saturated carbocycles. The molecule has 20 heavy (non-hydrogen) atoms. The van der Waals surface area contributed by atoms with E-state index in [9.17, 15) is 4.79 Å². The Morgan fingerprint density at radius 2 is 2.30 bits per heavy atom. The van der Waals surface area contributed by atoms with Gasteiger partial charge in [0.25, 0.3) is 0 Å². The van der Waals surface area contributed by atoms with E-state index in [1.807, 2.05) is 0 Å². The van der Waals surface area contributed by atoms with Gasteiger partial charge in [-0.2, -0.15) is 0 Å². The molecule has 1 N–H and O–H groups in total. The molecular formula is C13H20N4O3. The van der Waals surface area contributed by atoms with Gasteiger partial charge in [0, 0.05) is 25.8 Å². The summed E-state index contributed by atoms with van der Waals surface area (Å²) in [4.78, 5) is 21.7. The van der Waals surface area contributed by atoms with Crippen LogP contribution in [0.2, 0.25) is 0 Å². The SMILES string of the molecule is COC(=O)c1nccc(NCCCN2CCOCC2)n1. The Balaban J connectivity index is 1.72. The van der Waals surface area contributed by atoms with Crippen LogP contribution in [-0.2, 0) is 9.47 Å². The number of anilines is 1. The predicted molar refractivity (Wildman–Crippen MR) is 73.7 cm³/mol. The van der Waals surface area contributed by atoms with Crippen LogP contribution in [0.15, 0.2) is 12.3 Å². The van der Waals surface area contributed by atoms with Crippen molar-refractivity contribution < 1.29 is 14.3 Å². The smallest absolute Gasteiger partial charge is 0.376 e. The zero-order chi connectivity index (χ0) is 14.2.